The van der Waals surface area contributed by atoms with Crippen LogP contribution in [0.3, 0.4) is 0 Å². The number of amides is 2. The summed E-state index contributed by atoms with van der Waals surface area (Å²) in [7, 11) is 0. The van der Waals surface area contributed by atoms with Gasteiger partial charge in [-0.25, -0.2) is 4.79 Å². The molecule has 1 atom stereocenters. The number of nitrogens with one attached hydrogen (secondary N) is 1. The molecule has 1 aliphatic rings. The van der Waals surface area contributed by atoms with Gasteiger partial charge in [-0.05, 0) is 56.4 Å². The van der Waals surface area contributed by atoms with Crippen LogP contribution >= 0.6 is 0 Å². The molecule has 1 aromatic heterocycles. The van der Waals surface area contributed by atoms with Crippen LogP contribution in [0.2, 0.25) is 0 Å². The number of hydrogen-bond acceptors (Lipinski definition) is 6. The van der Waals surface area contributed by atoms with E-state index >= 15 is 0 Å². The first-order chi connectivity index (χ1) is 17.7. The average molecular weight is 507 g/mol. The molecule has 2 amide bonds. The Morgan fingerprint density at radius 1 is 1.16 bits per heavy atom. The smallest absolute Gasteiger partial charge is 0.410 e. The summed E-state index contributed by atoms with van der Waals surface area (Å²) in [6, 6.07) is 13.2. The fourth-order valence-corrected chi connectivity index (χ4v) is 3.67. The van der Waals surface area contributed by atoms with Crippen LogP contribution in [0.15, 0.2) is 66.4 Å². The van der Waals surface area contributed by atoms with Crippen LogP contribution < -0.4 is 11.1 Å². The Bertz CT molecular complexity index is 1070. The fraction of sp³-hybridized carbons (Fsp3) is 0.414. The molecule has 2 heterocycles. The molecule has 1 fully saturated rings. The van der Waals surface area contributed by atoms with Crippen LogP contribution in [0.4, 0.5) is 4.79 Å². The minimum atomic E-state index is -1.02. The van der Waals surface area contributed by atoms with Gasteiger partial charge in [-0.3, -0.25) is 9.78 Å². The maximum absolute atomic E-state index is 12.6. The Balaban J connectivity index is 1.57. The van der Waals surface area contributed by atoms with Gasteiger partial charge in [-0.2, -0.15) is 0 Å². The molecule has 3 rings (SSSR count). The van der Waals surface area contributed by atoms with Crippen LogP contribution in [-0.2, 0) is 20.9 Å². The van der Waals surface area contributed by atoms with Gasteiger partial charge in [0.1, 0.15) is 6.61 Å². The van der Waals surface area contributed by atoms with E-state index in [2.05, 4.69) is 10.3 Å². The van der Waals surface area contributed by atoms with Crippen LogP contribution in [0, 0.1) is 0 Å². The van der Waals surface area contributed by atoms with Crippen molar-refractivity contribution in [2.45, 2.75) is 51.8 Å². The van der Waals surface area contributed by atoms with Crippen molar-refractivity contribution < 1.29 is 19.1 Å². The number of likely N-dealkylation sites (tertiary alicyclic amines) is 1. The van der Waals surface area contributed by atoms with E-state index in [1.165, 1.54) is 0 Å². The van der Waals surface area contributed by atoms with Crippen molar-refractivity contribution in [3.8, 4) is 0 Å². The summed E-state index contributed by atoms with van der Waals surface area (Å²) in [5.74, 6) is -0.280. The molecule has 198 valence electrons. The number of ether oxygens (including phenoxy) is 2. The lowest BCUT2D eigenvalue weighted by atomic mass is 10.0. The number of carbonyl (C=O) groups excluding carboxylic acids is 2. The molecule has 1 aromatic carbocycles. The maximum Gasteiger partial charge on any atom is 0.410 e. The molecule has 1 saturated heterocycles. The molecule has 0 bridgehead atoms. The van der Waals surface area contributed by atoms with Crippen molar-refractivity contribution in [1.82, 2.24) is 15.2 Å². The molecule has 0 spiro atoms. The number of benzene rings is 1. The van der Waals surface area contributed by atoms with Crippen LogP contribution in [0.1, 0.15) is 56.5 Å². The first-order valence-electron chi connectivity index (χ1n) is 12.7. The highest BCUT2D eigenvalue weighted by molar-refractivity contribution is 5.85. The van der Waals surface area contributed by atoms with Gasteiger partial charge in [0, 0.05) is 19.3 Å². The predicted octanol–water partition coefficient (Wildman–Crippen LogP) is 4.38. The van der Waals surface area contributed by atoms with Gasteiger partial charge >= 0.3 is 6.09 Å². The number of carbonyl (C=O) groups is 2. The second kappa shape index (κ2) is 13.7. The molecule has 2 aromatic rings. The molecule has 3 N–H and O–H groups in total. The molecular weight excluding hydrogens is 468 g/mol. The fourth-order valence-electron chi connectivity index (χ4n) is 3.67. The number of aromatic nitrogens is 1. The lowest BCUT2D eigenvalue weighted by Gasteiger charge is -2.24. The third-order valence-electron chi connectivity index (χ3n) is 5.91. The van der Waals surface area contributed by atoms with Gasteiger partial charge in [-0.15, -0.1) is 0 Å². The van der Waals surface area contributed by atoms with Crippen molar-refractivity contribution >= 4 is 18.1 Å². The molecule has 0 aliphatic carbocycles. The zero-order chi connectivity index (χ0) is 26.7. The van der Waals surface area contributed by atoms with E-state index in [9.17, 15) is 9.59 Å². The van der Waals surface area contributed by atoms with Gasteiger partial charge in [0.2, 0.25) is 5.91 Å². The van der Waals surface area contributed by atoms with Crippen molar-refractivity contribution in [1.29, 1.82) is 0 Å². The highest BCUT2D eigenvalue weighted by atomic mass is 16.6. The summed E-state index contributed by atoms with van der Waals surface area (Å²) in [5, 5.41) is 2.96. The summed E-state index contributed by atoms with van der Waals surface area (Å²) < 4.78 is 11.3. The minimum absolute atomic E-state index is 0.249. The summed E-state index contributed by atoms with van der Waals surface area (Å²) in [6.07, 6.45) is 9.30. The van der Waals surface area contributed by atoms with E-state index in [1.54, 1.807) is 24.9 Å². The Morgan fingerprint density at radius 3 is 2.54 bits per heavy atom. The molecule has 1 aliphatic heterocycles. The summed E-state index contributed by atoms with van der Waals surface area (Å²) in [4.78, 5) is 30.9. The van der Waals surface area contributed by atoms with Crippen molar-refractivity contribution in [2.75, 3.05) is 26.3 Å². The van der Waals surface area contributed by atoms with Crippen molar-refractivity contribution in [3.63, 3.8) is 0 Å². The molecule has 1 unspecified atom stereocenters. The summed E-state index contributed by atoms with van der Waals surface area (Å²) >= 11 is 0. The van der Waals surface area contributed by atoms with Gasteiger partial charge in [0.05, 0.1) is 30.5 Å². The van der Waals surface area contributed by atoms with E-state index in [0.29, 0.717) is 12.3 Å². The Kier molecular flexibility index (Phi) is 10.4. The van der Waals surface area contributed by atoms with E-state index in [4.69, 9.17) is 15.2 Å². The third-order valence-corrected chi connectivity index (χ3v) is 5.91. The van der Waals surface area contributed by atoms with E-state index in [0.717, 1.165) is 42.6 Å². The number of pyridine rings is 1. The average Bonchev–Trinajstić information content (AvgIpc) is 3.42. The highest BCUT2D eigenvalue weighted by Gasteiger charge is 2.26. The third kappa shape index (κ3) is 9.48. The first kappa shape index (κ1) is 28.1. The Hall–Kier alpha value is -3.49. The summed E-state index contributed by atoms with van der Waals surface area (Å²) in [6.45, 7) is 7.75. The van der Waals surface area contributed by atoms with Crippen molar-refractivity contribution in [2.24, 2.45) is 5.73 Å². The summed E-state index contributed by atoms with van der Waals surface area (Å²) in [5.41, 5.74) is 8.53. The van der Waals surface area contributed by atoms with Gasteiger partial charge in [-0.1, -0.05) is 54.6 Å². The first-order valence-corrected chi connectivity index (χ1v) is 12.7. The Morgan fingerprint density at radius 2 is 1.89 bits per heavy atom. The molecule has 8 heteroatoms. The topological polar surface area (TPSA) is 107 Å². The number of allylic oxidation sites excluding steroid dienone is 2. The highest BCUT2D eigenvalue weighted by Crippen LogP contribution is 2.15. The normalized spacial score (nSPS) is 15.1. The van der Waals surface area contributed by atoms with E-state index < -0.39 is 11.6 Å². The number of rotatable bonds is 11. The second-order valence-electron chi connectivity index (χ2n) is 9.89. The monoisotopic (exact) mass is 506 g/mol. The standard InChI is InChI=1S/C29H38N4O4/c1-22(19-37-28(35)33-16-7-8-17-33)10-9-13-23-14-15-25(31-18-23)26(32-27(34)29(2,3)30)21-36-20-24-11-5-4-6-12-24/h4-6,9-15,18,26H,7-8,16-17,19-21,30H2,1-3H3,(H,32,34)/b13-9-,22-10+. The predicted molar refractivity (Wildman–Crippen MR) is 144 cm³/mol. The zero-order valence-electron chi connectivity index (χ0n) is 22.0. The minimum Gasteiger partial charge on any atom is -0.445 e. The molecule has 0 radical (unpaired) electrons. The maximum atomic E-state index is 12.6. The van der Waals surface area contributed by atoms with Gasteiger partial charge in [0.15, 0.2) is 0 Å². The molecule has 37 heavy (non-hydrogen) atoms. The molecular formula is C29H38N4O4. The quantitative estimate of drug-likeness (QED) is 0.438. The number of hydrogen-bond donors (Lipinski definition) is 2. The number of nitrogens with zero attached hydrogens (tertiary/aromatic N) is 2. The van der Waals surface area contributed by atoms with Gasteiger partial charge in [0.25, 0.3) is 0 Å². The lowest BCUT2D eigenvalue weighted by Crippen LogP contribution is -2.50. The lowest BCUT2D eigenvalue weighted by molar-refractivity contribution is -0.126. The second-order valence-corrected chi connectivity index (χ2v) is 9.89. The SMILES string of the molecule is C/C(=C\C=C/c1ccc(C(COCc2ccccc2)NC(=O)C(C)(C)N)nc1)COC(=O)N1CCCC1. The van der Waals surface area contributed by atoms with E-state index in [-0.39, 0.29) is 25.2 Å². The Labute approximate surface area is 219 Å². The zero-order valence-corrected chi connectivity index (χ0v) is 22.0. The largest absolute Gasteiger partial charge is 0.445 e. The van der Waals surface area contributed by atoms with Crippen LogP contribution in [0.25, 0.3) is 6.08 Å². The van der Waals surface area contributed by atoms with Crippen molar-refractivity contribution in [3.05, 3.63) is 83.2 Å². The molecule has 0 saturated carbocycles. The van der Waals surface area contributed by atoms with E-state index in [1.807, 2.05) is 67.6 Å². The van der Waals surface area contributed by atoms with Crippen LogP contribution in [-0.4, -0.2) is 53.7 Å². The number of nitrogens with two attached hydrogens (primary N) is 1. The van der Waals surface area contributed by atoms with Crippen LogP contribution in [0.5, 0.6) is 0 Å². The van der Waals surface area contributed by atoms with Gasteiger partial charge < -0.3 is 25.4 Å². The molecule has 8 nitrogen and oxygen atoms in total.